The number of ketones is 2. The first-order valence-corrected chi connectivity index (χ1v) is 4.76. The highest BCUT2D eigenvalue weighted by Gasteiger charge is 2.23. The molecule has 0 aliphatic rings. The van der Waals surface area contributed by atoms with Crippen LogP contribution in [0.15, 0.2) is 28.7 Å². The molecule has 0 fully saturated rings. The summed E-state index contributed by atoms with van der Waals surface area (Å²) in [7, 11) is 0. The summed E-state index contributed by atoms with van der Waals surface area (Å²) in [5, 5.41) is 0. The number of rotatable bonds is 3. The molecule has 1 atom stereocenters. The Morgan fingerprint density at radius 1 is 1.43 bits per heavy atom. The van der Waals surface area contributed by atoms with Crippen LogP contribution in [-0.2, 0) is 4.79 Å². The van der Waals surface area contributed by atoms with Gasteiger partial charge in [-0.1, -0.05) is 28.1 Å². The zero-order valence-electron chi connectivity index (χ0n) is 7.46. The van der Waals surface area contributed by atoms with Gasteiger partial charge in [-0.2, -0.15) is 0 Å². The van der Waals surface area contributed by atoms with Gasteiger partial charge in [-0.25, -0.2) is 4.39 Å². The molecule has 0 N–H and O–H groups in total. The summed E-state index contributed by atoms with van der Waals surface area (Å²) in [4.78, 5) is 22.0. The van der Waals surface area contributed by atoms with Crippen LogP contribution >= 0.6 is 15.9 Å². The Bertz CT molecular complexity index is 376. The van der Waals surface area contributed by atoms with Crippen molar-refractivity contribution in [2.75, 3.05) is 0 Å². The van der Waals surface area contributed by atoms with Crippen LogP contribution in [0, 0.1) is 0 Å². The minimum atomic E-state index is -2.05. The van der Waals surface area contributed by atoms with E-state index in [0.717, 1.165) is 6.92 Å². The predicted octanol–water partition coefficient (Wildman–Crippen LogP) is 2.56. The molecule has 1 rings (SSSR count). The van der Waals surface area contributed by atoms with Crippen molar-refractivity contribution in [2.24, 2.45) is 0 Å². The Morgan fingerprint density at radius 3 is 2.57 bits per heavy atom. The van der Waals surface area contributed by atoms with Crippen LogP contribution in [0.2, 0.25) is 0 Å². The maximum absolute atomic E-state index is 13.0. The van der Waals surface area contributed by atoms with Gasteiger partial charge in [0.1, 0.15) is 0 Å². The quantitative estimate of drug-likeness (QED) is 0.617. The number of hydrogen-bond donors (Lipinski definition) is 0. The smallest absolute Gasteiger partial charge is 0.220 e. The number of halogens is 2. The summed E-state index contributed by atoms with van der Waals surface area (Å²) in [5.41, 5.74) is 0.196. The van der Waals surface area contributed by atoms with Gasteiger partial charge in [0, 0.05) is 10.0 Å². The highest BCUT2D eigenvalue weighted by Crippen LogP contribution is 2.14. The van der Waals surface area contributed by atoms with Crippen LogP contribution in [0.3, 0.4) is 0 Å². The molecule has 1 aromatic rings. The molecule has 0 spiro atoms. The van der Waals surface area contributed by atoms with Crippen molar-refractivity contribution in [1.29, 1.82) is 0 Å². The fraction of sp³-hybridized carbons (Fsp3) is 0.200. The van der Waals surface area contributed by atoms with Gasteiger partial charge in [-0.15, -0.1) is 0 Å². The molecule has 0 radical (unpaired) electrons. The summed E-state index contributed by atoms with van der Waals surface area (Å²) < 4.78 is 13.7. The Hall–Kier alpha value is -1.03. The van der Waals surface area contributed by atoms with E-state index in [1.807, 2.05) is 0 Å². The summed E-state index contributed by atoms with van der Waals surface area (Å²) in [6, 6.07) is 6.29. The molecular formula is C10H8BrFO2. The number of Topliss-reactive ketones (excluding diaryl/α,β-unsaturated/α-hetero) is 2. The number of benzene rings is 1. The number of carbonyl (C=O) groups is 2. The molecule has 4 heteroatoms. The van der Waals surface area contributed by atoms with Gasteiger partial charge in [0.25, 0.3) is 0 Å². The molecule has 2 nitrogen and oxygen atoms in total. The van der Waals surface area contributed by atoms with Gasteiger partial charge in [-0.3, -0.25) is 9.59 Å². The van der Waals surface area contributed by atoms with Crippen LogP contribution < -0.4 is 0 Å². The minimum absolute atomic E-state index is 0.196. The van der Waals surface area contributed by atoms with Gasteiger partial charge in [-0.05, 0) is 19.1 Å². The molecular weight excluding hydrogens is 251 g/mol. The minimum Gasteiger partial charge on any atom is -0.296 e. The summed E-state index contributed by atoms with van der Waals surface area (Å²) in [6.07, 6.45) is -2.05. The van der Waals surface area contributed by atoms with Crippen LogP contribution in [0.25, 0.3) is 0 Å². The van der Waals surface area contributed by atoms with Crippen molar-refractivity contribution in [3.8, 4) is 0 Å². The topological polar surface area (TPSA) is 34.1 Å². The second-order valence-electron chi connectivity index (χ2n) is 2.85. The summed E-state index contributed by atoms with van der Waals surface area (Å²) in [6.45, 7) is 1.06. The standard InChI is InChI=1S/C10H8BrFO2/c1-6(13)9(12)10(14)7-3-2-4-8(11)5-7/h2-5,9H,1H3. The Kier molecular flexibility index (Phi) is 3.52. The predicted molar refractivity (Wildman–Crippen MR) is 54.0 cm³/mol. The van der Waals surface area contributed by atoms with Gasteiger partial charge in [0.2, 0.25) is 12.0 Å². The van der Waals surface area contributed by atoms with E-state index in [1.54, 1.807) is 12.1 Å². The van der Waals surface area contributed by atoms with E-state index in [4.69, 9.17) is 0 Å². The van der Waals surface area contributed by atoms with Gasteiger partial charge in [0.05, 0.1) is 0 Å². The van der Waals surface area contributed by atoms with E-state index >= 15 is 0 Å². The first-order valence-electron chi connectivity index (χ1n) is 3.96. The first kappa shape index (κ1) is 11.0. The van der Waals surface area contributed by atoms with E-state index in [-0.39, 0.29) is 5.56 Å². The maximum Gasteiger partial charge on any atom is 0.220 e. The molecule has 0 saturated heterocycles. The zero-order chi connectivity index (χ0) is 10.7. The number of alkyl halides is 1. The molecule has 1 aromatic carbocycles. The Balaban J connectivity index is 2.95. The van der Waals surface area contributed by atoms with Gasteiger partial charge in [0.15, 0.2) is 5.78 Å². The fourth-order valence-corrected chi connectivity index (χ4v) is 1.37. The lowest BCUT2D eigenvalue weighted by atomic mass is 10.1. The van der Waals surface area contributed by atoms with E-state index in [0.29, 0.717) is 4.47 Å². The molecule has 0 aliphatic carbocycles. The van der Waals surface area contributed by atoms with Crippen molar-refractivity contribution in [2.45, 2.75) is 13.1 Å². The highest BCUT2D eigenvalue weighted by molar-refractivity contribution is 9.10. The lowest BCUT2D eigenvalue weighted by Gasteiger charge is -2.03. The fourth-order valence-electron chi connectivity index (χ4n) is 0.973. The second-order valence-corrected chi connectivity index (χ2v) is 3.76. The van der Waals surface area contributed by atoms with E-state index < -0.39 is 17.7 Å². The van der Waals surface area contributed by atoms with E-state index in [2.05, 4.69) is 15.9 Å². The maximum atomic E-state index is 13.0. The van der Waals surface area contributed by atoms with Crippen molar-refractivity contribution >= 4 is 27.5 Å². The van der Waals surface area contributed by atoms with Crippen LogP contribution in [0.1, 0.15) is 17.3 Å². The molecule has 0 amide bonds. The summed E-state index contributed by atoms with van der Waals surface area (Å²) >= 11 is 3.16. The normalized spacial score (nSPS) is 12.2. The Labute approximate surface area is 89.2 Å². The van der Waals surface area contributed by atoms with E-state index in [9.17, 15) is 14.0 Å². The van der Waals surface area contributed by atoms with Crippen molar-refractivity contribution in [3.05, 3.63) is 34.3 Å². The molecule has 74 valence electrons. The number of carbonyl (C=O) groups excluding carboxylic acids is 2. The van der Waals surface area contributed by atoms with Crippen LogP contribution in [0.5, 0.6) is 0 Å². The largest absolute Gasteiger partial charge is 0.296 e. The SMILES string of the molecule is CC(=O)C(F)C(=O)c1cccc(Br)c1. The van der Waals surface area contributed by atoms with Crippen molar-refractivity contribution < 1.29 is 14.0 Å². The monoisotopic (exact) mass is 258 g/mol. The van der Waals surface area contributed by atoms with Crippen molar-refractivity contribution in [1.82, 2.24) is 0 Å². The van der Waals surface area contributed by atoms with Crippen molar-refractivity contribution in [3.63, 3.8) is 0 Å². The van der Waals surface area contributed by atoms with E-state index in [1.165, 1.54) is 12.1 Å². The van der Waals surface area contributed by atoms with Gasteiger partial charge >= 0.3 is 0 Å². The third-order valence-electron chi connectivity index (χ3n) is 1.70. The second kappa shape index (κ2) is 4.46. The average Bonchev–Trinajstić information content (AvgIpc) is 2.15. The lowest BCUT2D eigenvalue weighted by molar-refractivity contribution is -0.120. The molecule has 1 unspecified atom stereocenters. The molecule has 0 bridgehead atoms. The van der Waals surface area contributed by atoms with Gasteiger partial charge < -0.3 is 0 Å². The third-order valence-corrected chi connectivity index (χ3v) is 2.19. The lowest BCUT2D eigenvalue weighted by Crippen LogP contribution is -2.23. The molecule has 0 heterocycles. The summed E-state index contributed by atoms with van der Waals surface area (Å²) in [5.74, 6) is -1.56. The molecule has 14 heavy (non-hydrogen) atoms. The zero-order valence-corrected chi connectivity index (χ0v) is 9.05. The Morgan fingerprint density at radius 2 is 2.07 bits per heavy atom. The molecule has 0 aromatic heterocycles. The van der Waals surface area contributed by atoms with Crippen LogP contribution in [0.4, 0.5) is 4.39 Å². The average molecular weight is 259 g/mol. The first-order chi connectivity index (χ1) is 6.52. The number of hydrogen-bond acceptors (Lipinski definition) is 2. The third kappa shape index (κ3) is 2.48. The van der Waals surface area contributed by atoms with Crippen LogP contribution in [-0.4, -0.2) is 17.7 Å². The molecule has 0 saturated carbocycles. The molecule has 0 aliphatic heterocycles. The highest BCUT2D eigenvalue weighted by atomic mass is 79.9.